The highest BCUT2D eigenvalue weighted by Gasteiger charge is 2.24. The number of nitrogens with zero attached hydrogens (tertiary/aromatic N) is 1. The number of carbonyl (C=O) groups is 1. The second-order valence-corrected chi connectivity index (χ2v) is 8.00. The van der Waals surface area contributed by atoms with Crippen LogP contribution in [0, 0.1) is 5.92 Å². The third-order valence-corrected chi connectivity index (χ3v) is 5.83. The van der Waals surface area contributed by atoms with Gasteiger partial charge in [-0.15, -0.1) is 0 Å². The zero-order chi connectivity index (χ0) is 20.9. The van der Waals surface area contributed by atoms with Crippen molar-refractivity contribution in [1.82, 2.24) is 10.3 Å². The maximum Gasteiger partial charge on any atom is 0.252 e. The first kappa shape index (κ1) is 20.2. The van der Waals surface area contributed by atoms with Gasteiger partial charge in [-0.25, -0.2) is 4.98 Å². The number of amides is 1. The van der Waals surface area contributed by atoms with Crippen LogP contribution in [-0.2, 0) is 0 Å². The van der Waals surface area contributed by atoms with Crippen LogP contribution < -0.4 is 15.4 Å². The molecule has 4 rings (SSSR count). The van der Waals surface area contributed by atoms with Gasteiger partial charge in [-0.3, -0.25) is 4.79 Å². The van der Waals surface area contributed by atoms with E-state index in [-0.39, 0.29) is 11.9 Å². The molecule has 1 fully saturated rings. The van der Waals surface area contributed by atoms with E-state index >= 15 is 0 Å². The van der Waals surface area contributed by atoms with Crippen molar-refractivity contribution in [3.8, 4) is 5.75 Å². The first-order valence-corrected chi connectivity index (χ1v) is 10.8. The fraction of sp³-hybridized carbons (Fsp3) is 0.360. The number of aromatic nitrogens is 1. The van der Waals surface area contributed by atoms with Gasteiger partial charge in [0.2, 0.25) is 0 Å². The molecule has 0 aliphatic heterocycles. The lowest BCUT2D eigenvalue weighted by atomic mass is 9.86. The Morgan fingerprint density at radius 1 is 1.10 bits per heavy atom. The van der Waals surface area contributed by atoms with Crippen molar-refractivity contribution in [2.24, 2.45) is 5.92 Å². The minimum absolute atomic E-state index is 0.0258. The van der Waals surface area contributed by atoms with Crippen molar-refractivity contribution in [3.63, 3.8) is 0 Å². The van der Waals surface area contributed by atoms with Crippen LogP contribution in [0.1, 0.15) is 49.9 Å². The van der Waals surface area contributed by atoms with Crippen LogP contribution in [0.15, 0.2) is 54.6 Å². The fourth-order valence-corrected chi connectivity index (χ4v) is 4.15. The molecule has 3 aromatic rings. The van der Waals surface area contributed by atoms with E-state index in [0.29, 0.717) is 23.9 Å². The summed E-state index contributed by atoms with van der Waals surface area (Å²) in [6, 6.07) is 17.6. The van der Waals surface area contributed by atoms with Gasteiger partial charge in [-0.2, -0.15) is 0 Å². The monoisotopic (exact) mass is 403 g/mol. The molecule has 156 valence electrons. The van der Waals surface area contributed by atoms with Gasteiger partial charge in [0, 0.05) is 17.1 Å². The van der Waals surface area contributed by atoms with Crippen molar-refractivity contribution < 1.29 is 9.53 Å². The van der Waals surface area contributed by atoms with E-state index in [2.05, 4.69) is 17.6 Å². The highest BCUT2D eigenvalue weighted by Crippen LogP contribution is 2.27. The molecule has 1 saturated carbocycles. The third kappa shape index (κ3) is 4.56. The minimum atomic E-state index is -0.0258. The molecule has 5 heteroatoms. The average molecular weight is 404 g/mol. The first-order valence-electron chi connectivity index (χ1n) is 10.8. The van der Waals surface area contributed by atoms with Gasteiger partial charge in [0.15, 0.2) is 0 Å². The van der Waals surface area contributed by atoms with Gasteiger partial charge in [0.05, 0.1) is 17.7 Å². The Hall–Kier alpha value is -3.08. The van der Waals surface area contributed by atoms with E-state index in [4.69, 9.17) is 9.72 Å². The average Bonchev–Trinajstić information content (AvgIpc) is 2.76. The van der Waals surface area contributed by atoms with E-state index in [1.807, 2.05) is 61.5 Å². The number of rotatable bonds is 6. The molecule has 0 spiro atoms. The lowest BCUT2D eigenvalue weighted by Crippen LogP contribution is -2.41. The second-order valence-electron chi connectivity index (χ2n) is 8.00. The molecule has 1 aliphatic rings. The zero-order valence-corrected chi connectivity index (χ0v) is 17.7. The number of hydrogen-bond donors (Lipinski definition) is 2. The van der Waals surface area contributed by atoms with Gasteiger partial charge in [-0.05, 0) is 62.1 Å². The summed E-state index contributed by atoms with van der Waals surface area (Å²) < 4.78 is 5.50. The lowest BCUT2D eigenvalue weighted by Gasteiger charge is -2.29. The SMILES string of the molecule is CCOc1ccc(Nc2cc(C(=O)N[C@@H]3CCCC[C@H]3C)c3ccccc3n2)cc1. The molecular formula is C25H29N3O2. The van der Waals surface area contributed by atoms with E-state index in [0.717, 1.165) is 28.8 Å². The Balaban J connectivity index is 1.61. The highest BCUT2D eigenvalue weighted by molar-refractivity contribution is 6.07. The quantitative estimate of drug-likeness (QED) is 0.555. The van der Waals surface area contributed by atoms with Gasteiger partial charge in [0.1, 0.15) is 11.6 Å². The fourth-order valence-electron chi connectivity index (χ4n) is 4.15. The molecule has 1 amide bonds. The van der Waals surface area contributed by atoms with Crippen molar-refractivity contribution in [3.05, 3.63) is 60.2 Å². The molecule has 0 radical (unpaired) electrons. The summed E-state index contributed by atoms with van der Waals surface area (Å²) in [5.74, 6) is 1.97. The lowest BCUT2D eigenvalue weighted by molar-refractivity contribution is 0.0912. The number of para-hydroxylation sites is 1. The maximum atomic E-state index is 13.2. The van der Waals surface area contributed by atoms with E-state index in [1.165, 1.54) is 19.3 Å². The second kappa shape index (κ2) is 9.16. The topological polar surface area (TPSA) is 63.2 Å². The molecular weight excluding hydrogens is 374 g/mol. The van der Waals surface area contributed by atoms with Gasteiger partial charge in [0.25, 0.3) is 5.91 Å². The van der Waals surface area contributed by atoms with Crippen LogP contribution in [0.25, 0.3) is 10.9 Å². The van der Waals surface area contributed by atoms with Crippen LogP contribution in [0.4, 0.5) is 11.5 Å². The number of anilines is 2. The van der Waals surface area contributed by atoms with Crippen LogP contribution >= 0.6 is 0 Å². The summed E-state index contributed by atoms with van der Waals surface area (Å²) in [7, 11) is 0. The number of carbonyl (C=O) groups excluding carboxylic acids is 1. The molecule has 30 heavy (non-hydrogen) atoms. The molecule has 0 unspecified atom stereocenters. The molecule has 0 bridgehead atoms. The number of fused-ring (bicyclic) bond motifs is 1. The number of pyridine rings is 1. The maximum absolute atomic E-state index is 13.2. The Morgan fingerprint density at radius 3 is 2.63 bits per heavy atom. The van der Waals surface area contributed by atoms with Crippen molar-refractivity contribution in [1.29, 1.82) is 0 Å². The first-order chi connectivity index (χ1) is 14.6. The van der Waals surface area contributed by atoms with Crippen LogP contribution in [-0.4, -0.2) is 23.5 Å². The van der Waals surface area contributed by atoms with E-state index < -0.39 is 0 Å². The minimum Gasteiger partial charge on any atom is -0.494 e. The standard InChI is InChI=1S/C25H29N3O2/c1-3-30-19-14-12-18(13-15-19)26-24-16-21(20-9-5-7-11-23(20)27-24)25(29)28-22-10-6-4-8-17(22)2/h5,7,9,11-17,22H,3-4,6,8,10H2,1-2H3,(H,26,27)(H,28,29)/t17-,22-/m1/s1. The summed E-state index contributed by atoms with van der Waals surface area (Å²) >= 11 is 0. The number of ether oxygens (including phenoxy) is 1. The number of hydrogen-bond acceptors (Lipinski definition) is 4. The van der Waals surface area contributed by atoms with E-state index in [1.54, 1.807) is 0 Å². The molecule has 2 atom stereocenters. The summed E-state index contributed by atoms with van der Waals surface area (Å²) in [4.78, 5) is 17.9. The van der Waals surface area contributed by atoms with Gasteiger partial charge >= 0.3 is 0 Å². The molecule has 0 saturated heterocycles. The third-order valence-electron chi connectivity index (χ3n) is 5.83. The van der Waals surface area contributed by atoms with Crippen LogP contribution in [0.3, 0.4) is 0 Å². The normalized spacial score (nSPS) is 18.7. The molecule has 5 nitrogen and oxygen atoms in total. The summed E-state index contributed by atoms with van der Waals surface area (Å²) in [6.45, 7) is 4.83. The molecule has 1 aromatic heterocycles. The summed E-state index contributed by atoms with van der Waals surface area (Å²) in [5, 5.41) is 7.48. The summed E-state index contributed by atoms with van der Waals surface area (Å²) in [5.41, 5.74) is 2.36. The smallest absolute Gasteiger partial charge is 0.252 e. The number of benzene rings is 2. The zero-order valence-electron chi connectivity index (χ0n) is 17.7. The van der Waals surface area contributed by atoms with Crippen molar-refractivity contribution >= 4 is 28.3 Å². The molecule has 2 N–H and O–H groups in total. The van der Waals surface area contributed by atoms with Crippen LogP contribution in [0.2, 0.25) is 0 Å². The molecule has 1 aliphatic carbocycles. The van der Waals surface area contributed by atoms with Crippen molar-refractivity contribution in [2.45, 2.75) is 45.6 Å². The van der Waals surface area contributed by atoms with Crippen LogP contribution in [0.5, 0.6) is 5.75 Å². The Morgan fingerprint density at radius 2 is 1.87 bits per heavy atom. The van der Waals surface area contributed by atoms with Gasteiger partial charge in [-0.1, -0.05) is 38.0 Å². The number of nitrogens with one attached hydrogen (secondary N) is 2. The molecule has 1 heterocycles. The highest BCUT2D eigenvalue weighted by atomic mass is 16.5. The Kier molecular flexibility index (Phi) is 6.17. The largest absolute Gasteiger partial charge is 0.494 e. The Bertz CT molecular complexity index is 1020. The summed E-state index contributed by atoms with van der Waals surface area (Å²) in [6.07, 6.45) is 4.65. The van der Waals surface area contributed by atoms with Gasteiger partial charge < -0.3 is 15.4 Å². The predicted molar refractivity (Wildman–Crippen MR) is 122 cm³/mol. The predicted octanol–water partition coefficient (Wildman–Crippen LogP) is 5.69. The van der Waals surface area contributed by atoms with Crippen molar-refractivity contribution in [2.75, 3.05) is 11.9 Å². The van der Waals surface area contributed by atoms with E-state index in [9.17, 15) is 4.79 Å². The molecule has 2 aromatic carbocycles. The Labute approximate surface area is 177 Å².